The minimum absolute atomic E-state index is 0.0740. The van der Waals surface area contributed by atoms with Crippen molar-refractivity contribution in [1.29, 1.82) is 5.26 Å². The summed E-state index contributed by atoms with van der Waals surface area (Å²) in [4.78, 5) is 8.89. The van der Waals surface area contributed by atoms with E-state index >= 15 is 0 Å². The van der Waals surface area contributed by atoms with E-state index in [0.29, 0.717) is 5.56 Å². The third-order valence-electron chi connectivity index (χ3n) is 3.23. The molecule has 0 aliphatic heterocycles. The van der Waals surface area contributed by atoms with E-state index in [1.165, 1.54) is 0 Å². The molecule has 2 rings (SSSR count). The standard InChI is InChI=1S/C17H20N4/c1-12(14-7-5-13(11-18)6-8-14)20-15-9-10-19-16(21-15)17(2,3)4/h5-10,12H,1-4H3,(H,19,20,21). The van der Waals surface area contributed by atoms with Crippen molar-refractivity contribution in [1.82, 2.24) is 9.97 Å². The number of nitriles is 1. The van der Waals surface area contributed by atoms with Crippen molar-refractivity contribution in [3.8, 4) is 6.07 Å². The van der Waals surface area contributed by atoms with Crippen LogP contribution in [0.5, 0.6) is 0 Å². The molecular formula is C17H20N4. The number of anilines is 1. The number of rotatable bonds is 3. The lowest BCUT2D eigenvalue weighted by atomic mass is 9.96. The predicted molar refractivity (Wildman–Crippen MR) is 83.9 cm³/mol. The van der Waals surface area contributed by atoms with Gasteiger partial charge in [-0.25, -0.2) is 9.97 Å². The van der Waals surface area contributed by atoms with Gasteiger partial charge in [0.2, 0.25) is 0 Å². The minimum Gasteiger partial charge on any atom is -0.363 e. The molecule has 1 atom stereocenters. The van der Waals surface area contributed by atoms with Crippen LogP contribution in [0, 0.1) is 11.3 Å². The van der Waals surface area contributed by atoms with Crippen molar-refractivity contribution >= 4 is 5.82 Å². The average Bonchev–Trinajstić information content (AvgIpc) is 2.47. The molecule has 1 aromatic carbocycles. The normalized spacial score (nSPS) is 12.5. The van der Waals surface area contributed by atoms with Crippen LogP contribution in [0.1, 0.15) is 50.7 Å². The number of nitrogens with one attached hydrogen (secondary N) is 1. The van der Waals surface area contributed by atoms with Gasteiger partial charge in [-0.2, -0.15) is 5.26 Å². The molecule has 0 fully saturated rings. The predicted octanol–water partition coefficient (Wildman–Crippen LogP) is 3.82. The summed E-state index contributed by atoms with van der Waals surface area (Å²) in [5.74, 6) is 1.63. The molecule has 0 bridgehead atoms. The fraction of sp³-hybridized carbons (Fsp3) is 0.353. The van der Waals surface area contributed by atoms with Gasteiger partial charge in [0.05, 0.1) is 11.6 Å². The van der Waals surface area contributed by atoms with Gasteiger partial charge in [-0.3, -0.25) is 0 Å². The highest BCUT2D eigenvalue weighted by molar-refractivity contribution is 5.39. The molecule has 1 unspecified atom stereocenters. The van der Waals surface area contributed by atoms with Gasteiger partial charge in [0.25, 0.3) is 0 Å². The second-order valence-electron chi connectivity index (χ2n) is 6.12. The van der Waals surface area contributed by atoms with E-state index in [1.54, 1.807) is 6.20 Å². The van der Waals surface area contributed by atoms with E-state index in [2.05, 4.69) is 49.0 Å². The van der Waals surface area contributed by atoms with E-state index in [9.17, 15) is 0 Å². The summed E-state index contributed by atoms with van der Waals surface area (Å²) in [7, 11) is 0. The maximum Gasteiger partial charge on any atom is 0.135 e. The molecule has 108 valence electrons. The molecular weight excluding hydrogens is 260 g/mol. The number of aromatic nitrogens is 2. The van der Waals surface area contributed by atoms with Gasteiger partial charge in [-0.15, -0.1) is 0 Å². The molecule has 0 radical (unpaired) electrons. The molecule has 0 saturated heterocycles. The molecule has 0 aliphatic carbocycles. The van der Waals surface area contributed by atoms with Crippen LogP contribution in [-0.2, 0) is 5.41 Å². The summed E-state index contributed by atoms with van der Waals surface area (Å²) in [6.45, 7) is 8.35. The lowest BCUT2D eigenvalue weighted by Gasteiger charge is -2.19. The SMILES string of the molecule is CC(Nc1ccnc(C(C)(C)C)n1)c1ccc(C#N)cc1. The Morgan fingerprint density at radius 1 is 1.14 bits per heavy atom. The van der Waals surface area contributed by atoms with E-state index < -0.39 is 0 Å². The Morgan fingerprint density at radius 2 is 1.81 bits per heavy atom. The van der Waals surface area contributed by atoms with Gasteiger partial charge < -0.3 is 5.32 Å². The Hall–Kier alpha value is -2.41. The van der Waals surface area contributed by atoms with Crippen LogP contribution in [0.3, 0.4) is 0 Å². The molecule has 2 aromatic rings. The second kappa shape index (κ2) is 5.92. The van der Waals surface area contributed by atoms with E-state index in [-0.39, 0.29) is 11.5 Å². The smallest absolute Gasteiger partial charge is 0.135 e. The van der Waals surface area contributed by atoms with Crippen LogP contribution in [-0.4, -0.2) is 9.97 Å². The summed E-state index contributed by atoms with van der Waals surface area (Å²) in [6.07, 6.45) is 1.78. The second-order valence-corrected chi connectivity index (χ2v) is 6.12. The lowest BCUT2D eigenvalue weighted by molar-refractivity contribution is 0.545. The Bertz CT molecular complexity index is 648. The van der Waals surface area contributed by atoms with Crippen molar-refractivity contribution < 1.29 is 0 Å². The zero-order valence-electron chi connectivity index (χ0n) is 12.9. The molecule has 0 amide bonds. The zero-order chi connectivity index (χ0) is 15.5. The third kappa shape index (κ3) is 3.79. The van der Waals surface area contributed by atoms with Gasteiger partial charge in [0.1, 0.15) is 11.6 Å². The number of hydrogen-bond donors (Lipinski definition) is 1. The molecule has 4 nitrogen and oxygen atoms in total. The first-order valence-corrected chi connectivity index (χ1v) is 7.00. The number of hydrogen-bond acceptors (Lipinski definition) is 4. The summed E-state index contributed by atoms with van der Waals surface area (Å²) in [6, 6.07) is 11.7. The molecule has 1 N–H and O–H groups in total. The van der Waals surface area contributed by atoms with Crippen molar-refractivity contribution in [3.05, 3.63) is 53.5 Å². The molecule has 0 aliphatic rings. The van der Waals surface area contributed by atoms with Gasteiger partial charge >= 0.3 is 0 Å². The van der Waals surface area contributed by atoms with Gasteiger partial charge in [0.15, 0.2) is 0 Å². The van der Waals surface area contributed by atoms with Gasteiger partial charge in [-0.1, -0.05) is 32.9 Å². The van der Waals surface area contributed by atoms with Crippen molar-refractivity contribution in [3.63, 3.8) is 0 Å². The van der Waals surface area contributed by atoms with Crippen LogP contribution in [0.25, 0.3) is 0 Å². The molecule has 1 aromatic heterocycles. The highest BCUT2D eigenvalue weighted by Crippen LogP contribution is 2.22. The van der Waals surface area contributed by atoms with Crippen molar-refractivity contribution in [2.75, 3.05) is 5.32 Å². The topological polar surface area (TPSA) is 61.6 Å². The summed E-state index contributed by atoms with van der Waals surface area (Å²) < 4.78 is 0. The first-order valence-electron chi connectivity index (χ1n) is 7.00. The van der Waals surface area contributed by atoms with Crippen LogP contribution < -0.4 is 5.32 Å². The molecule has 4 heteroatoms. The minimum atomic E-state index is -0.0740. The van der Waals surface area contributed by atoms with Crippen molar-refractivity contribution in [2.45, 2.75) is 39.2 Å². The Labute approximate surface area is 125 Å². The maximum atomic E-state index is 8.83. The maximum absolute atomic E-state index is 8.83. The lowest BCUT2D eigenvalue weighted by Crippen LogP contribution is -2.17. The Kier molecular flexibility index (Phi) is 4.23. The summed E-state index contributed by atoms with van der Waals surface area (Å²) in [5, 5.41) is 12.2. The number of benzene rings is 1. The van der Waals surface area contributed by atoms with Crippen LogP contribution in [0.4, 0.5) is 5.82 Å². The van der Waals surface area contributed by atoms with E-state index in [1.807, 2.05) is 30.3 Å². The summed E-state index contributed by atoms with van der Waals surface area (Å²) in [5.41, 5.74) is 1.71. The first kappa shape index (κ1) is 15.0. The third-order valence-corrected chi connectivity index (χ3v) is 3.23. The van der Waals surface area contributed by atoms with Crippen LogP contribution in [0.15, 0.2) is 36.5 Å². The molecule has 0 spiro atoms. The van der Waals surface area contributed by atoms with Gasteiger partial charge in [0, 0.05) is 17.7 Å². The highest BCUT2D eigenvalue weighted by Gasteiger charge is 2.17. The first-order chi connectivity index (χ1) is 9.90. The summed E-state index contributed by atoms with van der Waals surface area (Å²) >= 11 is 0. The molecule has 21 heavy (non-hydrogen) atoms. The monoisotopic (exact) mass is 280 g/mol. The Morgan fingerprint density at radius 3 is 2.38 bits per heavy atom. The van der Waals surface area contributed by atoms with Gasteiger partial charge in [-0.05, 0) is 30.7 Å². The zero-order valence-corrected chi connectivity index (χ0v) is 12.9. The largest absolute Gasteiger partial charge is 0.363 e. The van der Waals surface area contributed by atoms with E-state index in [4.69, 9.17) is 5.26 Å². The molecule has 1 heterocycles. The van der Waals surface area contributed by atoms with Crippen LogP contribution in [0.2, 0.25) is 0 Å². The highest BCUT2D eigenvalue weighted by atomic mass is 15.0. The fourth-order valence-corrected chi connectivity index (χ4v) is 1.95. The number of nitrogens with zero attached hydrogens (tertiary/aromatic N) is 3. The van der Waals surface area contributed by atoms with Crippen molar-refractivity contribution in [2.24, 2.45) is 0 Å². The quantitative estimate of drug-likeness (QED) is 0.928. The van der Waals surface area contributed by atoms with Crippen LogP contribution >= 0.6 is 0 Å². The van der Waals surface area contributed by atoms with E-state index in [0.717, 1.165) is 17.2 Å². The average molecular weight is 280 g/mol. The molecule has 0 saturated carbocycles. The Balaban J connectivity index is 2.15. The fourth-order valence-electron chi connectivity index (χ4n) is 1.95.